The van der Waals surface area contributed by atoms with E-state index in [4.69, 9.17) is 0 Å². The number of benzene rings is 2. The molecule has 8 heteroatoms. The number of hydrogen-bond acceptors (Lipinski definition) is 5. The summed E-state index contributed by atoms with van der Waals surface area (Å²) in [7, 11) is 0. The topological polar surface area (TPSA) is 91.4 Å². The Morgan fingerprint density at radius 1 is 1.10 bits per heavy atom. The summed E-state index contributed by atoms with van der Waals surface area (Å²) in [6, 6.07) is 15.1. The van der Waals surface area contributed by atoms with Crippen LogP contribution in [0.3, 0.4) is 0 Å². The van der Waals surface area contributed by atoms with Crippen molar-refractivity contribution in [3.05, 3.63) is 60.2 Å². The van der Waals surface area contributed by atoms with Crippen molar-refractivity contribution in [1.29, 1.82) is 0 Å². The maximum Gasteiger partial charge on any atom is 0.251 e. The lowest BCUT2D eigenvalue weighted by Crippen LogP contribution is -2.51. The van der Waals surface area contributed by atoms with Gasteiger partial charge >= 0.3 is 0 Å². The Labute approximate surface area is 178 Å². The van der Waals surface area contributed by atoms with E-state index >= 15 is 0 Å². The Morgan fingerprint density at radius 3 is 2.60 bits per heavy atom. The zero-order valence-electron chi connectivity index (χ0n) is 16.5. The summed E-state index contributed by atoms with van der Waals surface area (Å²) in [5, 5.41) is 6.10. The third-order valence-corrected chi connectivity index (χ3v) is 6.07. The first-order chi connectivity index (χ1) is 14.5. The normalized spacial score (nSPS) is 17.0. The molecule has 2 atom stereocenters. The molecule has 3 amide bonds. The summed E-state index contributed by atoms with van der Waals surface area (Å²) in [5.74, 6) is -0.825. The minimum absolute atomic E-state index is 0.249. The van der Waals surface area contributed by atoms with Crippen LogP contribution < -0.4 is 10.6 Å². The fourth-order valence-corrected chi connectivity index (χ4v) is 4.47. The molecule has 2 aromatic carbocycles. The lowest BCUT2D eigenvalue weighted by atomic mass is 10.1. The Bertz CT molecular complexity index is 1050. The summed E-state index contributed by atoms with van der Waals surface area (Å²) in [4.78, 5) is 44.1. The molecule has 0 radical (unpaired) electrons. The molecule has 4 rings (SSSR count). The second-order valence-electron chi connectivity index (χ2n) is 7.23. The van der Waals surface area contributed by atoms with E-state index < -0.39 is 12.1 Å². The van der Waals surface area contributed by atoms with E-state index in [1.165, 1.54) is 11.3 Å². The van der Waals surface area contributed by atoms with Crippen molar-refractivity contribution in [3.63, 3.8) is 0 Å². The minimum atomic E-state index is -0.728. The predicted molar refractivity (Wildman–Crippen MR) is 116 cm³/mol. The molecule has 154 valence electrons. The highest BCUT2D eigenvalue weighted by atomic mass is 32.1. The lowest BCUT2D eigenvalue weighted by Gasteiger charge is -2.26. The van der Waals surface area contributed by atoms with Gasteiger partial charge in [-0.2, -0.15) is 0 Å². The monoisotopic (exact) mass is 422 g/mol. The standard InChI is InChI=1S/C22H22N4O3S/c1-14(23-19(27)15-8-3-2-4-9-15)21(29)26-13-7-11-17(26)20(28)25-22-24-16-10-5-6-12-18(16)30-22/h2-6,8-10,12,14,17H,7,11,13H2,1H3,(H,23,27)(H,24,25,28). The van der Waals surface area contributed by atoms with E-state index in [9.17, 15) is 14.4 Å². The van der Waals surface area contributed by atoms with Crippen molar-refractivity contribution in [1.82, 2.24) is 15.2 Å². The average Bonchev–Trinajstić information content (AvgIpc) is 3.40. The molecule has 1 saturated heterocycles. The van der Waals surface area contributed by atoms with Crippen LogP contribution in [-0.2, 0) is 9.59 Å². The van der Waals surface area contributed by atoms with Crippen LogP contribution in [0.2, 0.25) is 0 Å². The molecule has 0 saturated carbocycles. The van der Waals surface area contributed by atoms with Crippen LogP contribution in [0.5, 0.6) is 0 Å². The average molecular weight is 423 g/mol. The van der Waals surface area contributed by atoms with Crippen molar-refractivity contribution < 1.29 is 14.4 Å². The van der Waals surface area contributed by atoms with Crippen LogP contribution in [0, 0.1) is 0 Å². The van der Waals surface area contributed by atoms with Crippen molar-refractivity contribution in [2.75, 3.05) is 11.9 Å². The molecule has 0 aliphatic carbocycles. The van der Waals surface area contributed by atoms with Gasteiger partial charge in [0.1, 0.15) is 12.1 Å². The molecule has 1 aliphatic heterocycles. The number of carbonyl (C=O) groups excluding carboxylic acids is 3. The number of nitrogens with one attached hydrogen (secondary N) is 2. The number of carbonyl (C=O) groups is 3. The third-order valence-electron chi connectivity index (χ3n) is 5.12. The summed E-state index contributed by atoms with van der Waals surface area (Å²) in [5.41, 5.74) is 1.32. The minimum Gasteiger partial charge on any atom is -0.341 e. The quantitative estimate of drug-likeness (QED) is 0.661. The molecule has 30 heavy (non-hydrogen) atoms. The number of aromatic nitrogens is 1. The number of amides is 3. The van der Waals surface area contributed by atoms with Gasteiger partial charge < -0.3 is 15.5 Å². The van der Waals surface area contributed by atoms with Gasteiger partial charge in [-0.15, -0.1) is 0 Å². The van der Waals surface area contributed by atoms with Gasteiger partial charge in [-0.05, 0) is 44.0 Å². The second-order valence-corrected chi connectivity index (χ2v) is 8.26. The Hall–Kier alpha value is -3.26. The first-order valence-corrected chi connectivity index (χ1v) is 10.7. The molecule has 1 aliphatic rings. The number of anilines is 1. The maximum absolute atomic E-state index is 12.9. The Balaban J connectivity index is 1.41. The zero-order valence-corrected chi connectivity index (χ0v) is 17.3. The summed E-state index contributed by atoms with van der Waals surface area (Å²) in [6.45, 7) is 2.13. The molecular formula is C22H22N4O3S. The van der Waals surface area contributed by atoms with Crippen molar-refractivity contribution in [2.24, 2.45) is 0 Å². The van der Waals surface area contributed by atoms with Gasteiger partial charge in [-0.25, -0.2) is 4.98 Å². The Morgan fingerprint density at radius 2 is 1.83 bits per heavy atom. The van der Waals surface area contributed by atoms with Gasteiger partial charge in [0.2, 0.25) is 11.8 Å². The maximum atomic E-state index is 12.9. The van der Waals surface area contributed by atoms with E-state index in [0.29, 0.717) is 23.7 Å². The molecule has 7 nitrogen and oxygen atoms in total. The van der Waals surface area contributed by atoms with Crippen LogP contribution in [0.4, 0.5) is 5.13 Å². The molecular weight excluding hydrogens is 400 g/mol. The second kappa shape index (κ2) is 8.62. The van der Waals surface area contributed by atoms with E-state index in [1.54, 1.807) is 36.1 Å². The molecule has 2 unspecified atom stereocenters. The third kappa shape index (κ3) is 4.18. The number of likely N-dealkylation sites (tertiary alicyclic amines) is 1. The zero-order chi connectivity index (χ0) is 21.1. The number of para-hydroxylation sites is 1. The van der Waals surface area contributed by atoms with Crippen LogP contribution >= 0.6 is 11.3 Å². The molecule has 0 spiro atoms. The van der Waals surface area contributed by atoms with Gasteiger partial charge in [-0.1, -0.05) is 41.7 Å². The van der Waals surface area contributed by atoms with Crippen LogP contribution in [-0.4, -0.2) is 46.2 Å². The number of hydrogen-bond donors (Lipinski definition) is 2. The van der Waals surface area contributed by atoms with Gasteiger partial charge in [0.25, 0.3) is 5.91 Å². The largest absolute Gasteiger partial charge is 0.341 e. The summed E-state index contributed by atoms with van der Waals surface area (Å²) >= 11 is 1.40. The summed E-state index contributed by atoms with van der Waals surface area (Å²) in [6.07, 6.45) is 1.32. The Kier molecular flexibility index (Phi) is 5.76. The summed E-state index contributed by atoms with van der Waals surface area (Å²) < 4.78 is 0.990. The number of thiazole rings is 1. The number of nitrogens with zero attached hydrogens (tertiary/aromatic N) is 2. The molecule has 2 heterocycles. The number of rotatable bonds is 5. The van der Waals surface area contributed by atoms with E-state index in [0.717, 1.165) is 16.6 Å². The molecule has 0 bridgehead atoms. The molecule has 1 aromatic heterocycles. The number of fused-ring (bicyclic) bond motifs is 1. The first kappa shape index (κ1) is 20.0. The SMILES string of the molecule is CC(NC(=O)c1ccccc1)C(=O)N1CCCC1C(=O)Nc1nc2ccccc2s1. The highest BCUT2D eigenvalue weighted by molar-refractivity contribution is 7.22. The highest BCUT2D eigenvalue weighted by Gasteiger charge is 2.36. The molecule has 3 aromatic rings. The van der Waals surface area contributed by atoms with E-state index in [1.807, 2.05) is 30.3 Å². The first-order valence-electron chi connectivity index (χ1n) is 9.86. The fraction of sp³-hybridized carbons (Fsp3) is 0.273. The lowest BCUT2D eigenvalue weighted by molar-refractivity contribution is -0.137. The molecule has 1 fully saturated rings. The van der Waals surface area contributed by atoms with Gasteiger partial charge in [0, 0.05) is 12.1 Å². The van der Waals surface area contributed by atoms with E-state index in [2.05, 4.69) is 15.6 Å². The van der Waals surface area contributed by atoms with Gasteiger partial charge in [0.15, 0.2) is 5.13 Å². The van der Waals surface area contributed by atoms with Gasteiger partial charge in [-0.3, -0.25) is 14.4 Å². The van der Waals surface area contributed by atoms with Crippen molar-refractivity contribution >= 4 is 44.4 Å². The van der Waals surface area contributed by atoms with Crippen molar-refractivity contribution in [3.8, 4) is 0 Å². The van der Waals surface area contributed by atoms with Crippen LogP contribution in [0.1, 0.15) is 30.1 Å². The van der Waals surface area contributed by atoms with Gasteiger partial charge in [0.05, 0.1) is 10.2 Å². The predicted octanol–water partition coefficient (Wildman–Crippen LogP) is 3.04. The molecule has 2 N–H and O–H groups in total. The van der Waals surface area contributed by atoms with Crippen molar-refractivity contribution in [2.45, 2.75) is 31.8 Å². The fourth-order valence-electron chi connectivity index (χ4n) is 3.60. The smallest absolute Gasteiger partial charge is 0.251 e. The highest BCUT2D eigenvalue weighted by Crippen LogP contribution is 2.27. The van der Waals surface area contributed by atoms with Crippen LogP contribution in [0.25, 0.3) is 10.2 Å². The van der Waals surface area contributed by atoms with Crippen LogP contribution in [0.15, 0.2) is 54.6 Å². The van der Waals surface area contributed by atoms with E-state index in [-0.39, 0.29) is 17.7 Å².